The van der Waals surface area contributed by atoms with Gasteiger partial charge in [-0.2, -0.15) is 0 Å². The van der Waals surface area contributed by atoms with Gasteiger partial charge in [-0.15, -0.1) is 0 Å². The fourth-order valence-electron chi connectivity index (χ4n) is 2.99. The number of rotatable bonds is 6. The van der Waals surface area contributed by atoms with Crippen LogP contribution < -0.4 is 15.6 Å². The van der Waals surface area contributed by atoms with Crippen molar-refractivity contribution in [3.05, 3.63) is 93.4 Å². The average Bonchev–Trinajstić information content (AvgIpc) is 2.68. The van der Waals surface area contributed by atoms with Crippen LogP contribution in [0.25, 0.3) is 0 Å². The molecular weight excluding hydrogens is 352 g/mol. The first-order chi connectivity index (χ1) is 13.5. The fraction of sp³-hybridized carbons (Fsp3) is 0.217. The topological polar surface area (TPSA) is 60.3 Å². The van der Waals surface area contributed by atoms with E-state index in [0.717, 1.165) is 22.4 Å². The van der Waals surface area contributed by atoms with E-state index in [-0.39, 0.29) is 11.1 Å². The number of aryl methyl sites for hydroxylation is 2. The van der Waals surface area contributed by atoms with Crippen molar-refractivity contribution in [3.63, 3.8) is 0 Å². The summed E-state index contributed by atoms with van der Waals surface area (Å²) < 4.78 is 6.96. The average molecular weight is 376 g/mol. The molecule has 144 valence electrons. The molecule has 1 aromatic heterocycles. The Hall–Kier alpha value is -3.34. The normalized spacial score (nSPS) is 10.5. The summed E-state index contributed by atoms with van der Waals surface area (Å²) >= 11 is 0. The van der Waals surface area contributed by atoms with Crippen LogP contribution in [-0.2, 0) is 6.54 Å². The summed E-state index contributed by atoms with van der Waals surface area (Å²) in [6.07, 6.45) is 1.71. The molecule has 28 heavy (non-hydrogen) atoms. The number of anilines is 1. The summed E-state index contributed by atoms with van der Waals surface area (Å²) in [5, 5.41) is 2.77. The van der Waals surface area contributed by atoms with Gasteiger partial charge in [-0.05, 0) is 68.3 Å². The number of aromatic nitrogens is 1. The van der Waals surface area contributed by atoms with Crippen LogP contribution in [0, 0.1) is 13.8 Å². The molecule has 0 saturated heterocycles. The number of carbonyl (C=O) groups excluding carboxylic acids is 1. The van der Waals surface area contributed by atoms with Crippen molar-refractivity contribution in [1.82, 2.24) is 4.57 Å². The van der Waals surface area contributed by atoms with E-state index < -0.39 is 5.91 Å². The standard InChI is InChI=1S/C23H24N2O3/c1-4-28-20-11-9-19(10-12-20)24-22(26)21-6-5-13-25(23(21)27)15-18-14-16(2)7-8-17(18)3/h5-14H,4,15H2,1-3H3,(H,24,26). The minimum atomic E-state index is -0.426. The van der Waals surface area contributed by atoms with Crippen molar-refractivity contribution < 1.29 is 9.53 Å². The second kappa shape index (κ2) is 8.57. The number of ether oxygens (including phenoxy) is 1. The first kappa shape index (κ1) is 19.4. The van der Waals surface area contributed by atoms with E-state index in [9.17, 15) is 9.59 Å². The molecule has 0 spiro atoms. The monoisotopic (exact) mass is 376 g/mol. The molecule has 0 unspecified atom stereocenters. The molecule has 0 aliphatic heterocycles. The minimum absolute atomic E-state index is 0.113. The lowest BCUT2D eigenvalue weighted by molar-refractivity contribution is 0.102. The van der Waals surface area contributed by atoms with Gasteiger partial charge in [-0.25, -0.2) is 0 Å². The van der Waals surface area contributed by atoms with E-state index in [1.165, 1.54) is 0 Å². The molecule has 0 atom stereocenters. The SMILES string of the molecule is CCOc1ccc(NC(=O)c2cccn(Cc3cc(C)ccc3C)c2=O)cc1. The summed E-state index contributed by atoms with van der Waals surface area (Å²) in [4.78, 5) is 25.4. The highest BCUT2D eigenvalue weighted by Gasteiger charge is 2.13. The lowest BCUT2D eigenvalue weighted by atomic mass is 10.1. The molecule has 5 heteroatoms. The lowest BCUT2D eigenvalue weighted by Gasteiger charge is -2.11. The maximum atomic E-state index is 12.8. The van der Waals surface area contributed by atoms with Crippen molar-refractivity contribution in [2.24, 2.45) is 0 Å². The second-order valence-corrected chi connectivity index (χ2v) is 6.70. The van der Waals surface area contributed by atoms with Crippen LogP contribution in [0.2, 0.25) is 0 Å². The lowest BCUT2D eigenvalue weighted by Crippen LogP contribution is -2.29. The van der Waals surface area contributed by atoms with E-state index in [4.69, 9.17) is 4.74 Å². The number of carbonyl (C=O) groups is 1. The number of nitrogens with zero attached hydrogens (tertiary/aromatic N) is 1. The van der Waals surface area contributed by atoms with E-state index in [1.807, 2.05) is 32.9 Å². The zero-order valence-corrected chi connectivity index (χ0v) is 16.4. The third kappa shape index (κ3) is 4.49. The summed E-state index contributed by atoms with van der Waals surface area (Å²) in [7, 11) is 0. The van der Waals surface area contributed by atoms with Gasteiger partial charge in [0.05, 0.1) is 13.2 Å². The third-order valence-corrected chi connectivity index (χ3v) is 4.53. The Morgan fingerprint density at radius 3 is 2.54 bits per heavy atom. The van der Waals surface area contributed by atoms with Gasteiger partial charge in [-0.3, -0.25) is 9.59 Å². The summed E-state index contributed by atoms with van der Waals surface area (Å²) in [6, 6.07) is 16.5. The van der Waals surface area contributed by atoms with E-state index in [0.29, 0.717) is 18.8 Å². The predicted octanol–water partition coefficient (Wildman–Crippen LogP) is 4.16. The predicted molar refractivity (Wildman–Crippen MR) is 111 cm³/mol. The molecule has 1 amide bonds. The Bertz CT molecular complexity index is 1040. The van der Waals surface area contributed by atoms with Crippen LogP contribution in [0.15, 0.2) is 65.6 Å². The molecule has 3 aromatic rings. The number of hydrogen-bond acceptors (Lipinski definition) is 3. The van der Waals surface area contributed by atoms with Gasteiger partial charge in [0.15, 0.2) is 0 Å². The van der Waals surface area contributed by atoms with E-state index >= 15 is 0 Å². The molecule has 0 aliphatic rings. The number of benzene rings is 2. The zero-order valence-electron chi connectivity index (χ0n) is 16.4. The van der Waals surface area contributed by atoms with Crippen molar-refractivity contribution in [1.29, 1.82) is 0 Å². The maximum absolute atomic E-state index is 12.8. The highest BCUT2D eigenvalue weighted by atomic mass is 16.5. The first-order valence-corrected chi connectivity index (χ1v) is 9.27. The highest BCUT2D eigenvalue weighted by Crippen LogP contribution is 2.16. The molecule has 0 aliphatic carbocycles. The van der Waals surface area contributed by atoms with Gasteiger partial charge < -0.3 is 14.6 Å². The third-order valence-electron chi connectivity index (χ3n) is 4.53. The number of hydrogen-bond donors (Lipinski definition) is 1. The molecule has 2 aromatic carbocycles. The van der Waals surface area contributed by atoms with Crippen molar-refractivity contribution in [2.75, 3.05) is 11.9 Å². The van der Waals surface area contributed by atoms with E-state index in [1.54, 1.807) is 47.2 Å². The van der Waals surface area contributed by atoms with E-state index in [2.05, 4.69) is 11.4 Å². The van der Waals surface area contributed by atoms with Gasteiger partial charge in [0.2, 0.25) is 0 Å². The Labute approximate surface area is 164 Å². The second-order valence-electron chi connectivity index (χ2n) is 6.70. The molecule has 0 bridgehead atoms. The Morgan fingerprint density at radius 2 is 1.82 bits per heavy atom. The summed E-state index contributed by atoms with van der Waals surface area (Å²) in [6.45, 7) is 6.95. The van der Waals surface area contributed by atoms with Crippen LogP contribution in [0.4, 0.5) is 5.69 Å². The Morgan fingerprint density at radius 1 is 1.07 bits per heavy atom. The van der Waals surface area contributed by atoms with Gasteiger partial charge >= 0.3 is 0 Å². The molecule has 0 fully saturated rings. The van der Waals surface area contributed by atoms with Crippen LogP contribution in [-0.4, -0.2) is 17.1 Å². The Kier molecular flexibility index (Phi) is 5.94. The summed E-state index contributed by atoms with van der Waals surface area (Å²) in [5.74, 6) is 0.306. The Balaban J connectivity index is 1.81. The quantitative estimate of drug-likeness (QED) is 0.703. The van der Waals surface area contributed by atoms with Crippen molar-refractivity contribution >= 4 is 11.6 Å². The van der Waals surface area contributed by atoms with Gasteiger partial charge in [0.1, 0.15) is 11.3 Å². The van der Waals surface area contributed by atoms with Gasteiger partial charge in [-0.1, -0.05) is 23.8 Å². The molecule has 0 saturated carbocycles. The fourth-order valence-corrected chi connectivity index (χ4v) is 2.99. The molecule has 1 N–H and O–H groups in total. The smallest absolute Gasteiger partial charge is 0.263 e. The zero-order chi connectivity index (χ0) is 20.1. The first-order valence-electron chi connectivity index (χ1n) is 9.27. The van der Waals surface area contributed by atoms with Gasteiger partial charge in [0.25, 0.3) is 11.5 Å². The highest BCUT2D eigenvalue weighted by molar-refractivity contribution is 6.04. The molecule has 5 nitrogen and oxygen atoms in total. The van der Waals surface area contributed by atoms with Crippen LogP contribution in [0.5, 0.6) is 5.75 Å². The van der Waals surface area contributed by atoms with Crippen molar-refractivity contribution in [2.45, 2.75) is 27.3 Å². The van der Waals surface area contributed by atoms with Crippen molar-refractivity contribution in [3.8, 4) is 5.75 Å². The largest absolute Gasteiger partial charge is 0.494 e. The summed E-state index contributed by atoms with van der Waals surface area (Å²) in [5.41, 5.74) is 3.72. The molecule has 3 rings (SSSR count). The van der Waals surface area contributed by atoms with Crippen LogP contribution >= 0.6 is 0 Å². The number of amides is 1. The molecule has 1 heterocycles. The molecular formula is C23H24N2O3. The molecule has 0 radical (unpaired) electrons. The van der Waals surface area contributed by atoms with Crippen LogP contribution in [0.1, 0.15) is 34.0 Å². The van der Waals surface area contributed by atoms with Crippen LogP contribution in [0.3, 0.4) is 0 Å². The maximum Gasteiger partial charge on any atom is 0.263 e. The number of pyridine rings is 1. The van der Waals surface area contributed by atoms with Gasteiger partial charge in [0, 0.05) is 11.9 Å². The number of nitrogens with one attached hydrogen (secondary N) is 1. The minimum Gasteiger partial charge on any atom is -0.494 e.